The van der Waals surface area contributed by atoms with Gasteiger partial charge in [0.25, 0.3) is 0 Å². The molecule has 46 heavy (non-hydrogen) atoms. The Kier molecular flexibility index (Phi) is 33.6. The minimum atomic E-state index is -4.27. The van der Waals surface area contributed by atoms with Crippen molar-refractivity contribution in [1.82, 2.24) is 0 Å². The Morgan fingerprint density at radius 2 is 1.22 bits per heavy atom. The topological polar surface area (TPSA) is 117 Å². The smallest absolute Gasteiger partial charge is 0.457 e. The van der Waals surface area contributed by atoms with Crippen molar-refractivity contribution in [2.45, 2.75) is 148 Å². The Balaban J connectivity index is 4.14. The van der Waals surface area contributed by atoms with Crippen molar-refractivity contribution in [1.29, 1.82) is 0 Å². The quantitative estimate of drug-likeness (QED) is 0.0301. The second kappa shape index (κ2) is 34.8. The van der Waals surface area contributed by atoms with Crippen LogP contribution in [0.5, 0.6) is 0 Å². The molecule has 0 aromatic heterocycles. The third-order valence-corrected chi connectivity index (χ3v) is 8.21. The number of phosphoric acid groups is 1. The standard InChI is InChI=1S/C37H68NO7P/c1-3-5-7-9-11-13-15-16-17-18-19-21-23-25-27-29-32-42-34-36(35-44-46(40,41)43-33-31-38)45-37(39)30-28-26-24-22-20-14-12-10-8-6-4-2/h5,7,10-13,16-17,36H,3-4,6,8-9,14-15,18-35,38H2,1-2H3,(H,40,41)/b7-5-,12-10-,13-11-,17-16-. The Morgan fingerprint density at radius 1 is 0.674 bits per heavy atom. The summed E-state index contributed by atoms with van der Waals surface area (Å²) in [6, 6.07) is 0. The van der Waals surface area contributed by atoms with Crippen LogP contribution in [0, 0.1) is 0 Å². The molecule has 0 radical (unpaired) electrons. The molecule has 0 saturated carbocycles. The molecule has 268 valence electrons. The second-order valence-electron chi connectivity index (χ2n) is 11.7. The molecular weight excluding hydrogens is 601 g/mol. The Morgan fingerprint density at radius 3 is 1.85 bits per heavy atom. The molecule has 0 rings (SSSR count). The molecule has 0 aliphatic heterocycles. The van der Waals surface area contributed by atoms with Crippen molar-refractivity contribution in [2.24, 2.45) is 5.73 Å². The van der Waals surface area contributed by atoms with Gasteiger partial charge in [-0.2, -0.15) is 0 Å². The van der Waals surface area contributed by atoms with Crippen LogP contribution in [0.2, 0.25) is 0 Å². The maximum absolute atomic E-state index is 12.5. The predicted molar refractivity (Wildman–Crippen MR) is 192 cm³/mol. The molecule has 9 heteroatoms. The highest BCUT2D eigenvalue weighted by Crippen LogP contribution is 2.43. The molecule has 0 bridgehead atoms. The molecule has 0 aliphatic carbocycles. The van der Waals surface area contributed by atoms with Crippen molar-refractivity contribution in [3.8, 4) is 0 Å². The Bertz CT molecular complexity index is 844. The van der Waals surface area contributed by atoms with Gasteiger partial charge in [-0.25, -0.2) is 4.57 Å². The number of unbranched alkanes of at least 4 members (excludes halogenated alkanes) is 13. The van der Waals surface area contributed by atoms with E-state index in [9.17, 15) is 14.3 Å². The van der Waals surface area contributed by atoms with Crippen molar-refractivity contribution in [3.05, 3.63) is 48.6 Å². The van der Waals surface area contributed by atoms with Gasteiger partial charge in [0.1, 0.15) is 6.10 Å². The van der Waals surface area contributed by atoms with Gasteiger partial charge in [-0.1, -0.05) is 120 Å². The van der Waals surface area contributed by atoms with Crippen molar-refractivity contribution in [2.75, 3.05) is 33.0 Å². The summed E-state index contributed by atoms with van der Waals surface area (Å²) in [6.45, 7) is 4.71. The van der Waals surface area contributed by atoms with Crippen LogP contribution in [0.4, 0.5) is 0 Å². The number of hydrogen-bond acceptors (Lipinski definition) is 7. The maximum Gasteiger partial charge on any atom is 0.472 e. The number of rotatable bonds is 34. The van der Waals surface area contributed by atoms with E-state index in [-0.39, 0.29) is 32.3 Å². The van der Waals surface area contributed by atoms with Crippen LogP contribution in [0.3, 0.4) is 0 Å². The lowest BCUT2D eigenvalue weighted by molar-refractivity contribution is -0.154. The number of nitrogens with two attached hydrogens (primary N) is 1. The number of esters is 1. The molecule has 2 atom stereocenters. The maximum atomic E-state index is 12.5. The first-order chi connectivity index (χ1) is 22.4. The van der Waals surface area contributed by atoms with Gasteiger partial charge in [-0.3, -0.25) is 13.8 Å². The van der Waals surface area contributed by atoms with E-state index in [0.717, 1.165) is 77.0 Å². The fraction of sp³-hybridized carbons (Fsp3) is 0.757. The SMILES string of the molecule is CC/C=C\C/C=C\C/C=C\CCCCCCCCOCC(COP(=O)(O)OCCN)OC(=O)CCCCCCC/C=C\CCCC. The number of allylic oxidation sites excluding steroid dienone is 8. The van der Waals surface area contributed by atoms with Crippen molar-refractivity contribution >= 4 is 13.8 Å². The average Bonchev–Trinajstić information content (AvgIpc) is 3.04. The normalized spacial score (nSPS) is 14.3. The van der Waals surface area contributed by atoms with E-state index in [4.69, 9.17) is 24.3 Å². The van der Waals surface area contributed by atoms with Crippen LogP contribution < -0.4 is 5.73 Å². The first-order valence-electron chi connectivity index (χ1n) is 18.1. The largest absolute Gasteiger partial charge is 0.472 e. The number of phosphoric ester groups is 1. The molecule has 3 N–H and O–H groups in total. The first kappa shape index (κ1) is 44.5. The van der Waals surface area contributed by atoms with E-state index in [1.807, 2.05) is 0 Å². The van der Waals surface area contributed by atoms with E-state index in [2.05, 4.69) is 62.5 Å². The third kappa shape index (κ3) is 33.8. The molecule has 0 aromatic rings. The summed E-state index contributed by atoms with van der Waals surface area (Å²) in [4.78, 5) is 22.3. The van der Waals surface area contributed by atoms with Crippen LogP contribution in [0.1, 0.15) is 142 Å². The minimum absolute atomic E-state index is 0.0948. The van der Waals surface area contributed by atoms with Gasteiger partial charge < -0.3 is 20.1 Å². The number of carbonyl (C=O) groups excluding carboxylic acids is 1. The zero-order valence-electron chi connectivity index (χ0n) is 29.3. The molecular formula is C37H68NO7P. The first-order valence-corrected chi connectivity index (χ1v) is 19.6. The molecule has 0 spiro atoms. The lowest BCUT2D eigenvalue weighted by Crippen LogP contribution is -2.28. The van der Waals surface area contributed by atoms with Crippen LogP contribution in [0.25, 0.3) is 0 Å². The number of ether oxygens (including phenoxy) is 2. The van der Waals surface area contributed by atoms with Crippen molar-refractivity contribution in [3.63, 3.8) is 0 Å². The van der Waals surface area contributed by atoms with Gasteiger partial charge >= 0.3 is 13.8 Å². The van der Waals surface area contributed by atoms with Crippen LogP contribution in [0.15, 0.2) is 48.6 Å². The average molecular weight is 670 g/mol. The summed E-state index contributed by atoms with van der Waals surface area (Å²) in [5.74, 6) is -0.349. The fourth-order valence-corrected chi connectivity index (χ4v) is 5.34. The Labute approximate surface area is 281 Å². The molecule has 2 unspecified atom stereocenters. The summed E-state index contributed by atoms with van der Waals surface area (Å²) in [5, 5.41) is 0. The monoisotopic (exact) mass is 669 g/mol. The third-order valence-electron chi connectivity index (χ3n) is 7.23. The zero-order valence-corrected chi connectivity index (χ0v) is 30.2. The predicted octanol–water partition coefficient (Wildman–Crippen LogP) is 10.1. The molecule has 0 aromatic carbocycles. The van der Waals surface area contributed by atoms with Gasteiger partial charge in [-0.15, -0.1) is 0 Å². The number of hydrogen-bond donors (Lipinski definition) is 2. The number of carbonyl (C=O) groups is 1. The van der Waals surface area contributed by atoms with Gasteiger partial charge in [0.2, 0.25) is 0 Å². The molecule has 0 aliphatic rings. The van der Waals surface area contributed by atoms with Gasteiger partial charge in [0.15, 0.2) is 0 Å². The molecule has 0 fully saturated rings. The van der Waals surface area contributed by atoms with E-state index in [1.165, 1.54) is 44.9 Å². The summed E-state index contributed by atoms with van der Waals surface area (Å²) < 4.78 is 33.2. The summed E-state index contributed by atoms with van der Waals surface area (Å²) in [6.07, 6.45) is 38.4. The van der Waals surface area contributed by atoms with E-state index in [0.29, 0.717) is 13.0 Å². The van der Waals surface area contributed by atoms with E-state index < -0.39 is 13.9 Å². The summed E-state index contributed by atoms with van der Waals surface area (Å²) in [7, 11) is -4.27. The zero-order chi connectivity index (χ0) is 33.8. The second-order valence-corrected chi connectivity index (χ2v) is 13.2. The van der Waals surface area contributed by atoms with Crippen LogP contribution >= 0.6 is 7.82 Å². The van der Waals surface area contributed by atoms with Crippen LogP contribution in [-0.2, 0) is 27.9 Å². The van der Waals surface area contributed by atoms with E-state index >= 15 is 0 Å². The minimum Gasteiger partial charge on any atom is -0.457 e. The lowest BCUT2D eigenvalue weighted by atomic mass is 10.1. The van der Waals surface area contributed by atoms with Gasteiger partial charge in [0.05, 0.1) is 19.8 Å². The van der Waals surface area contributed by atoms with Gasteiger partial charge in [0, 0.05) is 19.6 Å². The highest BCUT2D eigenvalue weighted by Gasteiger charge is 2.25. The van der Waals surface area contributed by atoms with Gasteiger partial charge in [-0.05, 0) is 64.2 Å². The van der Waals surface area contributed by atoms with Crippen LogP contribution in [-0.4, -0.2) is 49.9 Å². The summed E-state index contributed by atoms with van der Waals surface area (Å²) in [5.41, 5.74) is 5.34. The Hall–Kier alpha value is -1.54. The summed E-state index contributed by atoms with van der Waals surface area (Å²) >= 11 is 0. The highest BCUT2D eigenvalue weighted by atomic mass is 31.2. The molecule has 0 saturated heterocycles. The van der Waals surface area contributed by atoms with E-state index in [1.54, 1.807) is 0 Å². The highest BCUT2D eigenvalue weighted by molar-refractivity contribution is 7.47. The molecule has 8 nitrogen and oxygen atoms in total. The lowest BCUT2D eigenvalue weighted by Gasteiger charge is -2.20. The van der Waals surface area contributed by atoms with Crippen molar-refractivity contribution < 1.29 is 32.8 Å². The molecule has 0 amide bonds. The molecule has 0 heterocycles. The fourth-order valence-electron chi connectivity index (χ4n) is 4.58.